The first-order valence-corrected chi connectivity index (χ1v) is 14.3. The Bertz CT molecular complexity index is 1230. The maximum Gasteiger partial charge on any atom is 0.167 e. The Hall–Kier alpha value is 2.18. The van der Waals surface area contributed by atoms with Crippen LogP contribution in [-0.2, 0) is 0 Å². The van der Waals surface area contributed by atoms with E-state index >= 15 is 0 Å². The lowest BCUT2D eigenvalue weighted by atomic mass is 9.57. The van der Waals surface area contributed by atoms with Crippen molar-refractivity contribution in [3.63, 3.8) is 0 Å². The summed E-state index contributed by atoms with van der Waals surface area (Å²) in [5.74, 6) is -2.56. The highest BCUT2D eigenvalue weighted by Gasteiger charge is 2.91. The number of alkyl halides is 8. The van der Waals surface area contributed by atoms with Crippen molar-refractivity contribution in [3.8, 4) is 0 Å². The molecule has 0 saturated heterocycles. The van der Waals surface area contributed by atoms with E-state index in [2.05, 4.69) is 0 Å². The van der Waals surface area contributed by atoms with Gasteiger partial charge in [0.2, 0.25) is 0 Å². The van der Waals surface area contributed by atoms with Gasteiger partial charge < -0.3 is 0 Å². The third kappa shape index (κ3) is 2.19. The summed E-state index contributed by atoms with van der Waals surface area (Å²) in [4.78, 5) is -6.35. The van der Waals surface area contributed by atoms with Gasteiger partial charge in [-0.1, -0.05) is 117 Å². The lowest BCUT2D eigenvalue weighted by Gasteiger charge is -2.52. The molecule has 0 aliphatic heterocycles. The van der Waals surface area contributed by atoms with E-state index in [1.54, 1.807) is 0 Å². The normalized spacial score (nSPS) is 50.1. The molecule has 5 aliphatic carbocycles. The highest BCUT2D eigenvalue weighted by atomic mass is 35.5. The first-order chi connectivity index (χ1) is 15.0. The van der Waals surface area contributed by atoms with Crippen LogP contribution in [0.25, 0.3) is 0 Å². The highest BCUT2D eigenvalue weighted by Crippen LogP contribution is 2.88. The molecule has 0 spiro atoms. The molecule has 2 saturated carbocycles. The third-order valence-electron chi connectivity index (χ3n) is 8.28. The van der Waals surface area contributed by atoms with E-state index in [0.29, 0.717) is 0 Å². The largest absolute Gasteiger partial charge is 0.167 e. The number of hydrogen-bond acceptors (Lipinski definition) is 0. The first-order valence-electron chi connectivity index (χ1n) is 9.74. The van der Waals surface area contributed by atoms with Gasteiger partial charge in [-0.3, -0.25) is 0 Å². The van der Waals surface area contributed by atoms with E-state index in [9.17, 15) is 0 Å². The molecule has 0 heterocycles. The minimum absolute atomic E-state index is 0.0500. The number of fused-ring (bicyclic) bond motifs is 14. The summed E-state index contributed by atoms with van der Waals surface area (Å²) >= 11 is 83.7. The van der Waals surface area contributed by atoms with Gasteiger partial charge in [0.25, 0.3) is 0 Å². The summed E-state index contributed by atoms with van der Waals surface area (Å²) in [7, 11) is 0. The van der Waals surface area contributed by atoms with E-state index < -0.39 is 51.8 Å². The van der Waals surface area contributed by atoms with Crippen LogP contribution in [0.15, 0.2) is 38.3 Å². The summed E-state index contributed by atoms with van der Waals surface area (Å²) in [5.41, 5.74) is 2.58. The Morgan fingerprint density at radius 3 is 1.33 bits per heavy atom. The van der Waals surface area contributed by atoms with Crippen molar-refractivity contribution in [2.45, 2.75) is 46.9 Å². The molecule has 8 atom stereocenters. The van der Waals surface area contributed by atoms with Gasteiger partial charge in [-0.05, 0) is 18.1 Å². The van der Waals surface area contributed by atoms with Gasteiger partial charge in [-0.15, -0.1) is 46.4 Å². The van der Waals surface area contributed by atoms with Crippen molar-refractivity contribution in [2.24, 2.45) is 11.8 Å². The van der Waals surface area contributed by atoms with Gasteiger partial charge in [0.05, 0.1) is 20.1 Å². The third-order valence-corrected chi connectivity index (χ3v) is 16.8. The average molecular weight is 688 g/mol. The van der Waals surface area contributed by atoms with Crippen LogP contribution in [0.3, 0.4) is 0 Å². The quantitative estimate of drug-likeness (QED) is 0.238. The topological polar surface area (TPSA) is 0 Å². The zero-order chi connectivity index (χ0) is 24.5. The van der Waals surface area contributed by atoms with Crippen LogP contribution in [0, 0.1) is 18.8 Å². The minimum atomic E-state index is -1.81. The van der Waals surface area contributed by atoms with Gasteiger partial charge in [0, 0.05) is 23.7 Å². The van der Waals surface area contributed by atoms with Crippen LogP contribution in [0.2, 0.25) is 0 Å². The molecule has 6 rings (SSSR count). The van der Waals surface area contributed by atoms with E-state index in [0.717, 1.165) is 16.7 Å². The molecule has 2 fully saturated rings. The molecule has 8 unspecified atom stereocenters. The van der Waals surface area contributed by atoms with Gasteiger partial charge in [0.15, 0.2) is 8.67 Å². The lowest BCUT2D eigenvalue weighted by molar-refractivity contribution is 0.201. The molecule has 1 aromatic rings. The summed E-state index contributed by atoms with van der Waals surface area (Å²) in [6.07, 6.45) is 0. The fraction of sp³-hybridized carbons (Fsp3) is 0.524. The summed E-state index contributed by atoms with van der Waals surface area (Å²) in [6.45, 7) is 1.95. The summed E-state index contributed by atoms with van der Waals surface area (Å²) < 4.78 is -3.61. The summed E-state index contributed by atoms with van der Waals surface area (Å²) in [6, 6.07) is 5.85. The standard InChI is InChI=1S/C21H10Cl12/c1-5-2-3-6-7(4-5)9-11(19(29)15(25)13(23)17(9,27)21(19,32)33)10-8(6)16(26)12(22)14(24)18(10,28)20(16,30)31/h2-4,8-11H,1H3. The number of halogens is 12. The van der Waals surface area contributed by atoms with E-state index in [-0.39, 0.29) is 20.1 Å². The number of aryl methyl sites for hydroxylation is 1. The average Bonchev–Trinajstić information content (AvgIpc) is 3.08. The van der Waals surface area contributed by atoms with Crippen LogP contribution >= 0.6 is 139 Å². The zero-order valence-corrected chi connectivity index (χ0v) is 25.1. The van der Waals surface area contributed by atoms with Crippen LogP contribution in [0.4, 0.5) is 0 Å². The Kier molecular flexibility index (Phi) is 5.28. The second-order valence-corrected chi connectivity index (χ2v) is 15.9. The Morgan fingerprint density at radius 2 is 0.909 bits per heavy atom. The van der Waals surface area contributed by atoms with Crippen LogP contribution in [-0.4, -0.2) is 28.2 Å². The molecule has 0 nitrogen and oxygen atoms in total. The zero-order valence-electron chi connectivity index (χ0n) is 16.1. The van der Waals surface area contributed by atoms with Crippen molar-refractivity contribution in [1.82, 2.24) is 0 Å². The number of hydrogen-bond donors (Lipinski definition) is 0. The van der Waals surface area contributed by atoms with Crippen molar-refractivity contribution in [1.29, 1.82) is 0 Å². The number of benzene rings is 1. The second kappa shape index (κ2) is 6.84. The summed E-state index contributed by atoms with van der Waals surface area (Å²) in [5, 5.41) is 0.281. The second-order valence-electron chi connectivity index (χ2n) is 9.39. The lowest BCUT2D eigenvalue weighted by Crippen LogP contribution is -2.53. The molecule has 33 heavy (non-hydrogen) atoms. The van der Waals surface area contributed by atoms with Gasteiger partial charge in [-0.25, -0.2) is 0 Å². The van der Waals surface area contributed by atoms with E-state index in [4.69, 9.17) is 139 Å². The van der Waals surface area contributed by atoms with E-state index in [1.807, 2.05) is 25.1 Å². The molecule has 0 amide bonds. The molecule has 1 aromatic carbocycles. The fourth-order valence-electron chi connectivity index (χ4n) is 7.02. The van der Waals surface area contributed by atoms with Gasteiger partial charge >= 0.3 is 0 Å². The Labute approximate surface area is 250 Å². The molecular weight excluding hydrogens is 678 g/mol. The van der Waals surface area contributed by atoms with Crippen LogP contribution in [0.5, 0.6) is 0 Å². The maximum absolute atomic E-state index is 7.29. The van der Waals surface area contributed by atoms with Crippen molar-refractivity contribution >= 4 is 139 Å². The molecule has 0 N–H and O–H groups in total. The molecule has 12 heteroatoms. The smallest absolute Gasteiger partial charge is 0.109 e. The number of rotatable bonds is 0. The van der Waals surface area contributed by atoms with Crippen molar-refractivity contribution in [2.75, 3.05) is 0 Å². The molecule has 4 bridgehead atoms. The fourth-order valence-corrected chi connectivity index (χ4v) is 13.1. The molecular formula is C21H10Cl12. The maximum atomic E-state index is 7.29. The predicted octanol–water partition coefficient (Wildman–Crippen LogP) is 10.1. The van der Waals surface area contributed by atoms with Crippen molar-refractivity contribution in [3.05, 3.63) is 55.0 Å². The monoisotopic (exact) mass is 682 g/mol. The minimum Gasteiger partial charge on any atom is -0.109 e. The molecule has 0 aromatic heterocycles. The Balaban J connectivity index is 1.79. The number of allylic oxidation sites excluding steroid dienone is 4. The van der Waals surface area contributed by atoms with Gasteiger partial charge in [-0.2, -0.15) is 0 Å². The Morgan fingerprint density at radius 1 is 0.545 bits per heavy atom. The highest BCUT2D eigenvalue weighted by molar-refractivity contribution is 6.67. The first kappa shape index (κ1) is 25.5. The molecule has 178 valence electrons. The van der Waals surface area contributed by atoms with Crippen molar-refractivity contribution < 1.29 is 0 Å². The predicted molar refractivity (Wildman–Crippen MR) is 144 cm³/mol. The van der Waals surface area contributed by atoms with E-state index in [1.165, 1.54) is 0 Å². The SMILES string of the molecule is Cc1ccc2c(c1)C1C(C3C2C2(Cl)C(Cl)=C(Cl)C3(Cl)C2(Cl)Cl)C2(Cl)C(Cl)=C(Cl)C1(Cl)C2(Cl)Cl. The van der Waals surface area contributed by atoms with Crippen LogP contribution < -0.4 is 0 Å². The van der Waals surface area contributed by atoms with Crippen LogP contribution in [0.1, 0.15) is 28.5 Å². The van der Waals surface area contributed by atoms with Gasteiger partial charge in [0.1, 0.15) is 19.5 Å². The molecule has 0 radical (unpaired) electrons. The molecule has 5 aliphatic rings.